The van der Waals surface area contributed by atoms with Crippen molar-refractivity contribution in [2.24, 2.45) is 5.73 Å². The first-order valence-electron chi connectivity index (χ1n) is 6.68. The molecule has 0 aliphatic heterocycles. The number of alkyl halides is 3. The zero-order valence-electron chi connectivity index (χ0n) is 12.0. The van der Waals surface area contributed by atoms with E-state index in [1.165, 1.54) is 28.9 Å². The van der Waals surface area contributed by atoms with Crippen molar-refractivity contribution in [1.29, 1.82) is 0 Å². The molecule has 1 amide bonds. The number of nitrogens with two attached hydrogens (primary N) is 1. The largest absolute Gasteiger partial charge is 0.433 e. The van der Waals surface area contributed by atoms with E-state index < -0.39 is 17.8 Å². The maximum atomic E-state index is 12.6. The van der Waals surface area contributed by atoms with Gasteiger partial charge in [-0.2, -0.15) is 13.2 Å². The van der Waals surface area contributed by atoms with Gasteiger partial charge in [-0.25, -0.2) is 9.97 Å². The number of amides is 1. The Morgan fingerprint density at radius 3 is 2.67 bits per heavy atom. The lowest BCUT2D eigenvalue weighted by Crippen LogP contribution is -2.13. The molecule has 120 valence electrons. The molecule has 0 aliphatic rings. The first-order chi connectivity index (χ1) is 11.3. The summed E-state index contributed by atoms with van der Waals surface area (Å²) in [6.45, 7) is 0. The summed E-state index contributed by atoms with van der Waals surface area (Å²) in [6.07, 6.45) is -1.66. The smallest absolute Gasteiger partial charge is 0.364 e. The molecule has 8 heteroatoms. The summed E-state index contributed by atoms with van der Waals surface area (Å²) in [4.78, 5) is 18.8. The van der Waals surface area contributed by atoms with Gasteiger partial charge in [-0.15, -0.1) is 0 Å². The van der Waals surface area contributed by atoms with Crippen molar-refractivity contribution in [2.75, 3.05) is 0 Å². The fourth-order valence-electron chi connectivity index (χ4n) is 2.04. The molecule has 0 aliphatic carbocycles. The van der Waals surface area contributed by atoms with Crippen LogP contribution >= 0.6 is 0 Å². The van der Waals surface area contributed by atoms with Gasteiger partial charge in [0, 0.05) is 11.8 Å². The predicted octanol–water partition coefficient (Wildman–Crippen LogP) is 2.25. The Hall–Kier alpha value is -3.34. The third kappa shape index (κ3) is 3.05. The van der Waals surface area contributed by atoms with E-state index in [2.05, 4.69) is 21.8 Å². The van der Waals surface area contributed by atoms with Crippen LogP contribution in [0.5, 0.6) is 0 Å². The zero-order valence-corrected chi connectivity index (χ0v) is 12.0. The summed E-state index contributed by atoms with van der Waals surface area (Å²) in [5, 5.41) is 0. The molecular formula is C16H9F3N4O. The van der Waals surface area contributed by atoms with Crippen LogP contribution in [0.25, 0.3) is 5.65 Å². The number of aromatic nitrogens is 3. The second-order valence-corrected chi connectivity index (χ2v) is 4.81. The van der Waals surface area contributed by atoms with Crippen molar-refractivity contribution in [3.63, 3.8) is 0 Å². The average Bonchev–Trinajstić information content (AvgIpc) is 2.95. The number of fused-ring (bicyclic) bond motifs is 1. The lowest BCUT2D eigenvalue weighted by atomic mass is 10.2. The topological polar surface area (TPSA) is 73.3 Å². The Morgan fingerprint density at radius 1 is 1.17 bits per heavy atom. The Bertz CT molecular complexity index is 996. The van der Waals surface area contributed by atoms with E-state index in [0.29, 0.717) is 11.2 Å². The van der Waals surface area contributed by atoms with Gasteiger partial charge < -0.3 is 5.73 Å². The summed E-state index contributed by atoms with van der Waals surface area (Å²) < 4.78 is 39.3. The normalized spacial score (nSPS) is 11.1. The van der Waals surface area contributed by atoms with Crippen LogP contribution in [0.2, 0.25) is 0 Å². The van der Waals surface area contributed by atoms with Crippen molar-refractivity contribution in [1.82, 2.24) is 14.4 Å². The van der Waals surface area contributed by atoms with Crippen LogP contribution in [0.4, 0.5) is 13.2 Å². The van der Waals surface area contributed by atoms with Gasteiger partial charge in [0.1, 0.15) is 22.7 Å². The van der Waals surface area contributed by atoms with Crippen molar-refractivity contribution in [2.45, 2.75) is 6.18 Å². The highest BCUT2D eigenvalue weighted by molar-refractivity contribution is 5.91. The average molecular weight is 330 g/mol. The third-order valence-corrected chi connectivity index (χ3v) is 3.13. The van der Waals surface area contributed by atoms with Crippen LogP contribution in [-0.2, 0) is 6.18 Å². The van der Waals surface area contributed by atoms with Crippen molar-refractivity contribution < 1.29 is 18.0 Å². The standard InChI is InChI=1S/C16H9F3N4O/c17-16(18,19)13-3-1-2-11(22-13)6-4-10-5-7-14-21-8-12(15(20)24)23(14)9-10/h1-3,5,7-9H,(H2,20,24). The third-order valence-electron chi connectivity index (χ3n) is 3.13. The van der Waals surface area contributed by atoms with Gasteiger partial charge in [-0.1, -0.05) is 12.0 Å². The molecule has 3 aromatic rings. The summed E-state index contributed by atoms with van der Waals surface area (Å²) in [6, 6.07) is 6.75. The van der Waals surface area contributed by atoms with Gasteiger partial charge >= 0.3 is 6.18 Å². The molecule has 0 saturated heterocycles. The minimum atomic E-state index is -4.52. The van der Waals surface area contributed by atoms with Gasteiger partial charge in [0.15, 0.2) is 0 Å². The maximum Gasteiger partial charge on any atom is 0.433 e. The summed E-state index contributed by atoms with van der Waals surface area (Å²) in [7, 11) is 0. The summed E-state index contributed by atoms with van der Waals surface area (Å²) in [5.41, 5.74) is 5.40. The number of hydrogen-bond acceptors (Lipinski definition) is 3. The molecule has 0 unspecified atom stereocenters. The van der Waals surface area contributed by atoms with E-state index in [1.54, 1.807) is 12.1 Å². The molecule has 0 spiro atoms. The highest BCUT2D eigenvalue weighted by atomic mass is 19.4. The van der Waals surface area contributed by atoms with Crippen molar-refractivity contribution in [3.05, 3.63) is 65.4 Å². The zero-order chi connectivity index (χ0) is 17.3. The molecule has 2 N–H and O–H groups in total. The molecule has 3 aromatic heterocycles. The van der Waals surface area contributed by atoms with Crippen LogP contribution in [0.1, 0.15) is 27.4 Å². The Kier molecular flexibility index (Phi) is 3.69. The molecular weight excluding hydrogens is 321 g/mol. The molecule has 0 atom stereocenters. The monoisotopic (exact) mass is 330 g/mol. The number of carbonyl (C=O) groups is 1. The molecule has 24 heavy (non-hydrogen) atoms. The minimum Gasteiger partial charge on any atom is -0.364 e. The molecule has 3 rings (SSSR count). The molecule has 3 heterocycles. The second kappa shape index (κ2) is 5.70. The Morgan fingerprint density at radius 2 is 1.96 bits per heavy atom. The fraction of sp³-hybridized carbons (Fsp3) is 0.0625. The molecule has 0 fully saturated rings. The number of carbonyl (C=O) groups excluding carboxylic acids is 1. The second-order valence-electron chi connectivity index (χ2n) is 4.81. The first kappa shape index (κ1) is 15.6. The molecule has 0 radical (unpaired) electrons. The molecule has 0 aromatic carbocycles. The number of halogens is 3. The summed E-state index contributed by atoms with van der Waals surface area (Å²) >= 11 is 0. The van der Waals surface area contributed by atoms with Gasteiger partial charge in [0.25, 0.3) is 5.91 Å². The highest BCUT2D eigenvalue weighted by Crippen LogP contribution is 2.27. The van der Waals surface area contributed by atoms with E-state index in [-0.39, 0.29) is 11.4 Å². The van der Waals surface area contributed by atoms with Gasteiger partial charge in [0.2, 0.25) is 0 Å². The number of imidazole rings is 1. The Labute approximate surface area is 134 Å². The fourth-order valence-corrected chi connectivity index (χ4v) is 2.04. The first-order valence-corrected chi connectivity index (χ1v) is 6.68. The summed E-state index contributed by atoms with van der Waals surface area (Å²) in [5.74, 6) is 4.63. The van der Waals surface area contributed by atoms with Gasteiger partial charge in [0.05, 0.1) is 6.20 Å². The van der Waals surface area contributed by atoms with Gasteiger partial charge in [-0.3, -0.25) is 9.20 Å². The van der Waals surface area contributed by atoms with Crippen LogP contribution in [0.15, 0.2) is 42.7 Å². The van der Waals surface area contributed by atoms with E-state index in [0.717, 1.165) is 6.07 Å². The predicted molar refractivity (Wildman–Crippen MR) is 78.9 cm³/mol. The van der Waals surface area contributed by atoms with Crippen LogP contribution in [0, 0.1) is 11.8 Å². The number of pyridine rings is 2. The van der Waals surface area contributed by atoms with E-state index in [4.69, 9.17) is 5.73 Å². The molecule has 5 nitrogen and oxygen atoms in total. The number of primary amides is 1. The van der Waals surface area contributed by atoms with Crippen molar-refractivity contribution >= 4 is 11.6 Å². The minimum absolute atomic E-state index is 0.00863. The van der Waals surface area contributed by atoms with Crippen LogP contribution in [-0.4, -0.2) is 20.3 Å². The quantitative estimate of drug-likeness (QED) is 0.696. The van der Waals surface area contributed by atoms with E-state index >= 15 is 0 Å². The van der Waals surface area contributed by atoms with E-state index in [9.17, 15) is 18.0 Å². The lowest BCUT2D eigenvalue weighted by Gasteiger charge is -2.04. The van der Waals surface area contributed by atoms with E-state index in [1.807, 2.05) is 0 Å². The highest BCUT2D eigenvalue weighted by Gasteiger charge is 2.32. The molecule has 0 bridgehead atoms. The SMILES string of the molecule is NC(=O)c1cnc2ccc(C#Cc3cccc(C(F)(F)F)n3)cn12. The van der Waals surface area contributed by atoms with Crippen LogP contribution in [0.3, 0.4) is 0 Å². The lowest BCUT2D eigenvalue weighted by molar-refractivity contribution is -0.141. The van der Waals surface area contributed by atoms with Crippen molar-refractivity contribution in [3.8, 4) is 11.8 Å². The van der Waals surface area contributed by atoms with Crippen LogP contribution < -0.4 is 5.73 Å². The Balaban J connectivity index is 1.98. The maximum absolute atomic E-state index is 12.6. The number of hydrogen-bond donors (Lipinski definition) is 1. The number of nitrogens with zero attached hydrogens (tertiary/aromatic N) is 3. The molecule has 0 saturated carbocycles. The van der Waals surface area contributed by atoms with Gasteiger partial charge in [-0.05, 0) is 30.2 Å². The number of rotatable bonds is 1.